The quantitative estimate of drug-likeness (QED) is 0.641. The minimum absolute atomic E-state index is 0.288. The summed E-state index contributed by atoms with van der Waals surface area (Å²) in [5.74, 6) is 0.846. The van der Waals surface area contributed by atoms with Gasteiger partial charge >= 0.3 is 0 Å². The van der Waals surface area contributed by atoms with Gasteiger partial charge in [0.05, 0.1) is 0 Å². The number of hydrogen-bond donors (Lipinski definition) is 0. The van der Waals surface area contributed by atoms with E-state index in [1.54, 1.807) is 12.1 Å². The van der Waals surface area contributed by atoms with Crippen LogP contribution < -0.4 is 0 Å². The second-order valence-electron chi connectivity index (χ2n) is 4.50. The Balaban J connectivity index is 1.58. The standard InChI is InChI=1S/C17H13FN2OS/c18-15-10-8-14(9-11-15)16-19-20-17(21-16)22-12-4-7-13-5-2-1-3-6-13/h1-11H,12H2/b7-4+. The second kappa shape index (κ2) is 7.04. The normalized spacial score (nSPS) is 11.1. The molecule has 0 unspecified atom stereocenters. The fourth-order valence-corrected chi connectivity index (χ4v) is 2.42. The monoisotopic (exact) mass is 312 g/mol. The lowest BCUT2D eigenvalue weighted by atomic mass is 10.2. The highest BCUT2D eigenvalue weighted by Crippen LogP contribution is 2.23. The van der Waals surface area contributed by atoms with Crippen LogP contribution in [0.3, 0.4) is 0 Å². The van der Waals surface area contributed by atoms with Gasteiger partial charge in [-0.15, -0.1) is 10.2 Å². The van der Waals surface area contributed by atoms with Crippen LogP contribution in [0.1, 0.15) is 5.56 Å². The van der Waals surface area contributed by atoms with Crippen LogP contribution in [0.15, 0.2) is 70.3 Å². The largest absolute Gasteiger partial charge is 0.411 e. The molecule has 1 aromatic heterocycles. The van der Waals surface area contributed by atoms with Crippen molar-refractivity contribution >= 4 is 17.8 Å². The maximum absolute atomic E-state index is 12.9. The van der Waals surface area contributed by atoms with Gasteiger partial charge in [0.2, 0.25) is 5.89 Å². The van der Waals surface area contributed by atoms with Gasteiger partial charge in [-0.25, -0.2) is 4.39 Å². The van der Waals surface area contributed by atoms with Gasteiger partial charge in [0.25, 0.3) is 5.22 Å². The van der Waals surface area contributed by atoms with E-state index >= 15 is 0 Å². The lowest BCUT2D eigenvalue weighted by Crippen LogP contribution is -1.78. The van der Waals surface area contributed by atoms with Gasteiger partial charge in [-0.3, -0.25) is 0 Å². The first-order chi connectivity index (χ1) is 10.8. The molecule has 0 bridgehead atoms. The van der Waals surface area contributed by atoms with Crippen LogP contribution in [0.2, 0.25) is 0 Å². The Morgan fingerprint density at radius 3 is 2.55 bits per heavy atom. The molecule has 0 atom stereocenters. The molecule has 0 aliphatic carbocycles. The zero-order chi connectivity index (χ0) is 15.2. The summed E-state index contributed by atoms with van der Waals surface area (Å²) in [5, 5.41) is 8.44. The molecule has 0 radical (unpaired) electrons. The van der Waals surface area contributed by atoms with E-state index in [1.165, 1.54) is 23.9 Å². The Hall–Kier alpha value is -2.40. The summed E-state index contributed by atoms with van der Waals surface area (Å²) in [6, 6.07) is 16.0. The smallest absolute Gasteiger partial charge is 0.277 e. The molecule has 110 valence electrons. The molecule has 3 nitrogen and oxygen atoms in total. The number of aromatic nitrogens is 2. The third-order valence-electron chi connectivity index (χ3n) is 2.91. The molecule has 0 saturated carbocycles. The van der Waals surface area contributed by atoms with Gasteiger partial charge in [0.1, 0.15) is 5.82 Å². The number of thioether (sulfide) groups is 1. The van der Waals surface area contributed by atoms with E-state index in [1.807, 2.05) is 42.5 Å². The number of halogens is 1. The molecule has 2 aromatic carbocycles. The van der Waals surface area contributed by atoms with Gasteiger partial charge in [0.15, 0.2) is 0 Å². The van der Waals surface area contributed by atoms with Crippen molar-refractivity contribution in [2.75, 3.05) is 5.75 Å². The van der Waals surface area contributed by atoms with Crippen molar-refractivity contribution in [3.8, 4) is 11.5 Å². The van der Waals surface area contributed by atoms with Gasteiger partial charge in [-0.1, -0.05) is 54.2 Å². The lowest BCUT2D eigenvalue weighted by molar-refractivity contribution is 0.466. The first kappa shape index (κ1) is 14.5. The Kier molecular flexibility index (Phi) is 4.65. The molecule has 0 aliphatic heterocycles. The van der Waals surface area contributed by atoms with Crippen molar-refractivity contribution < 1.29 is 8.81 Å². The summed E-state index contributed by atoms with van der Waals surface area (Å²) in [7, 11) is 0. The first-order valence-corrected chi connectivity index (χ1v) is 7.74. The summed E-state index contributed by atoms with van der Waals surface area (Å²) >= 11 is 1.46. The SMILES string of the molecule is Fc1ccc(-c2nnc(SC/C=C/c3ccccc3)o2)cc1. The van der Waals surface area contributed by atoms with E-state index in [2.05, 4.69) is 10.2 Å². The van der Waals surface area contributed by atoms with E-state index in [0.717, 1.165) is 11.3 Å². The molecule has 5 heteroatoms. The zero-order valence-corrected chi connectivity index (χ0v) is 12.5. The van der Waals surface area contributed by atoms with Crippen LogP contribution in [0.4, 0.5) is 4.39 Å². The molecular weight excluding hydrogens is 299 g/mol. The van der Waals surface area contributed by atoms with Gasteiger partial charge in [0, 0.05) is 11.3 Å². The second-order valence-corrected chi connectivity index (χ2v) is 5.48. The molecular formula is C17H13FN2OS. The van der Waals surface area contributed by atoms with Crippen LogP contribution >= 0.6 is 11.8 Å². The third kappa shape index (κ3) is 3.83. The van der Waals surface area contributed by atoms with E-state index in [0.29, 0.717) is 16.7 Å². The Bertz CT molecular complexity index is 754. The molecule has 0 N–H and O–H groups in total. The van der Waals surface area contributed by atoms with Crippen molar-refractivity contribution in [1.82, 2.24) is 10.2 Å². The van der Waals surface area contributed by atoms with Crippen molar-refractivity contribution in [2.45, 2.75) is 5.22 Å². The predicted molar refractivity (Wildman–Crippen MR) is 85.9 cm³/mol. The predicted octanol–water partition coefficient (Wildman–Crippen LogP) is 4.68. The fraction of sp³-hybridized carbons (Fsp3) is 0.0588. The summed E-state index contributed by atoms with van der Waals surface area (Å²) in [6.07, 6.45) is 4.09. The average Bonchev–Trinajstić information content (AvgIpc) is 3.02. The first-order valence-electron chi connectivity index (χ1n) is 6.75. The van der Waals surface area contributed by atoms with Crippen LogP contribution in [0.25, 0.3) is 17.5 Å². The highest BCUT2D eigenvalue weighted by Gasteiger charge is 2.08. The van der Waals surface area contributed by atoms with Crippen LogP contribution in [-0.4, -0.2) is 16.0 Å². The Labute approximate surface area is 131 Å². The molecule has 3 aromatic rings. The summed E-state index contributed by atoms with van der Waals surface area (Å²) in [5.41, 5.74) is 1.86. The van der Waals surface area contributed by atoms with Crippen LogP contribution in [0.5, 0.6) is 0 Å². The van der Waals surface area contributed by atoms with E-state index in [-0.39, 0.29) is 5.82 Å². The number of nitrogens with zero attached hydrogens (tertiary/aromatic N) is 2. The molecule has 0 saturated heterocycles. The lowest BCUT2D eigenvalue weighted by Gasteiger charge is -1.94. The summed E-state index contributed by atoms with van der Waals surface area (Å²) in [4.78, 5) is 0. The van der Waals surface area contributed by atoms with Gasteiger partial charge in [-0.2, -0.15) is 0 Å². The molecule has 0 fully saturated rings. The Morgan fingerprint density at radius 1 is 1.00 bits per heavy atom. The molecule has 0 amide bonds. The van der Waals surface area contributed by atoms with Crippen LogP contribution in [0, 0.1) is 5.82 Å². The van der Waals surface area contributed by atoms with E-state index in [9.17, 15) is 4.39 Å². The number of benzene rings is 2. The van der Waals surface area contributed by atoms with Crippen molar-refractivity contribution in [1.29, 1.82) is 0 Å². The van der Waals surface area contributed by atoms with Gasteiger partial charge < -0.3 is 4.42 Å². The minimum Gasteiger partial charge on any atom is -0.411 e. The Morgan fingerprint density at radius 2 is 1.77 bits per heavy atom. The minimum atomic E-state index is -0.288. The van der Waals surface area contributed by atoms with E-state index < -0.39 is 0 Å². The molecule has 0 spiro atoms. The maximum Gasteiger partial charge on any atom is 0.277 e. The zero-order valence-electron chi connectivity index (χ0n) is 11.6. The van der Waals surface area contributed by atoms with Crippen molar-refractivity contribution in [2.24, 2.45) is 0 Å². The number of rotatable bonds is 5. The van der Waals surface area contributed by atoms with Crippen molar-refractivity contribution in [3.63, 3.8) is 0 Å². The molecule has 1 heterocycles. The molecule has 22 heavy (non-hydrogen) atoms. The van der Waals surface area contributed by atoms with Gasteiger partial charge in [-0.05, 0) is 29.8 Å². The third-order valence-corrected chi connectivity index (χ3v) is 3.68. The maximum atomic E-state index is 12.9. The number of hydrogen-bond acceptors (Lipinski definition) is 4. The summed E-state index contributed by atoms with van der Waals surface area (Å²) in [6.45, 7) is 0. The summed E-state index contributed by atoms with van der Waals surface area (Å²) < 4.78 is 18.4. The topological polar surface area (TPSA) is 38.9 Å². The van der Waals surface area contributed by atoms with Crippen LogP contribution in [-0.2, 0) is 0 Å². The fourth-order valence-electron chi connectivity index (χ4n) is 1.84. The van der Waals surface area contributed by atoms with Crippen molar-refractivity contribution in [3.05, 3.63) is 72.1 Å². The average molecular weight is 312 g/mol. The molecule has 3 rings (SSSR count). The molecule has 0 aliphatic rings. The highest BCUT2D eigenvalue weighted by molar-refractivity contribution is 7.99. The van der Waals surface area contributed by atoms with E-state index in [4.69, 9.17) is 4.42 Å². The highest BCUT2D eigenvalue weighted by atomic mass is 32.2.